The molecule has 0 saturated heterocycles. The molecule has 130 valence electrons. The Morgan fingerprint density at radius 2 is 1.84 bits per heavy atom. The molecule has 0 amide bonds. The highest BCUT2D eigenvalue weighted by Gasteiger charge is 2.33. The molecular formula is C17H16F3N5. The van der Waals surface area contributed by atoms with Crippen LogP contribution in [0.3, 0.4) is 0 Å². The molecule has 5 nitrogen and oxygen atoms in total. The van der Waals surface area contributed by atoms with Gasteiger partial charge in [0.1, 0.15) is 0 Å². The van der Waals surface area contributed by atoms with E-state index in [-0.39, 0.29) is 18.2 Å². The van der Waals surface area contributed by atoms with Crippen LogP contribution in [0.5, 0.6) is 0 Å². The molecule has 8 heteroatoms. The predicted octanol–water partition coefficient (Wildman–Crippen LogP) is 3.99. The van der Waals surface area contributed by atoms with Crippen LogP contribution in [0, 0.1) is 0 Å². The number of aromatic nitrogens is 4. The van der Waals surface area contributed by atoms with Crippen LogP contribution in [-0.2, 0) is 19.3 Å². The van der Waals surface area contributed by atoms with Gasteiger partial charge in [0, 0.05) is 18.3 Å². The maximum Gasteiger partial charge on any atom is 0.433 e. The second-order valence-corrected chi connectivity index (χ2v) is 5.32. The molecule has 1 aromatic carbocycles. The van der Waals surface area contributed by atoms with Gasteiger partial charge in [0.2, 0.25) is 5.95 Å². The van der Waals surface area contributed by atoms with Gasteiger partial charge in [-0.3, -0.25) is 4.68 Å². The normalized spacial score (nSPS) is 11.5. The summed E-state index contributed by atoms with van der Waals surface area (Å²) < 4.78 is 41.2. The molecule has 2 heterocycles. The lowest BCUT2D eigenvalue weighted by atomic mass is 10.1. The van der Waals surface area contributed by atoms with Gasteiger partial charge in [0.25, 0.3) is 0 Å². The molecule has 0 spiro atoms. The summed E-state index contributed by atoms with van der Waals surface area (Å²) in [5, 5.41) is 6.99. The van der Waals surface area contributed by atoms with E-state index in [1.54, 1.807) is 47.3 Å². The lowest BCUT2D eigenvalue weighted by molar-refractivity contribution is -0.141. The second kappa shape index (κ2) is 6.92. The van der Waals surface area contributed by atoms with Crippen LogP contribution in [0.2, 0.25) is 0 Å². The maximum atomic E-state index is 13.2. The summed E-state index contributed by atoms with van der Waals surface area (Å²) in [5.41, 5.74) is 0.670. The smallest absolute Gasteiger partial charge is 0.349 e. The van der Waals surface area contributed by atoms with E-state index in [1.165, 1.54) is 0 Å². The zero-order valence-corrected chi connectivity index (χ0v) is 13.5. The van der Waals surface area contributed by atoms with Crippen molar-refractivity contribution in [3.05, 3.63) is 60.0 Å². The minimum absolute atomic E-state index is 0.0717. The summed E-state index contributed by atoms with van der Waals surface area (Å²) in [5.74, 6) is -0.0717. The summed E-state index contributed by atoms with van der Waals surface area (Å²) in [6.07, 6.45) is -2.91. The molecule has 0 atom stereocenters. The van der Waals surface area contributed by atoms with Gasteiger partial charge in [-0.2, -0.15) is 18.3 Å². The zero-order chi connectivity index (χ0) is 17.9. The van der Waals surface area contributed by atoms with E-state index >= 15 is 0 Å². The van der Waals surface area contributed by atoms with Crippen LogP contribution in [0.4, 0.5) is 19.1 Å². The minimum atomic E-state index is -4.55. The third-order valence-electron chi connectivity index (χ3n) is 3.62. The lowest BCUT2D eigenvalue weighted by Crippen LogP contribution is -2.14. The Kier molecular flexibility index (Phi) is 4.69. The van der Waals surface area contributed by atoms with Crippen LogP contribution in [-0.4, -0.2) is 19.7 Å². The molecule has 0 radical (unpaired) electrons. The number of anilines is 1. The van der Waals surface area contributed by atoms with Gasteiger partial charge in [0.05, 0.1) is 17.9 Å². The van der Waals surface area contributed by atoms with E-state index in [0.717, 1.165) is 11.8 Å². The van der Waals surface area contributed by atoms with Crippen molar-refractivity contribution in [2.24, 2.45) is 0 Å². The van der Waals surface area contributed by atoms with Crippen LogP contribution < -0.4 is 5.32 Å². The average Bonchev–Trinajstić information content (AvgIpc) is 3.07. The van der Waals surface area contributed by atoms with Gasteiger partial charge >= 0.3 is 6.18 Å². The number of rotatable bonds is 5. The van der Waals surface area contributed by atoms with E-state index in [9.17, 15) is 13.2 Å². The zero-order valence-electron chi connectivity index (χ0n) is 13.5. The second-order valence-electron chi connectivity index (χ2n) is 5.32. The first kappa shape index (κ1) is 16.9. The SMILES string of the molecule is CCn1nccc1CNc1nc(-c2ccccc2)cc(C(F)(F)F)n1. The third kappa shape index (κ3) is 3.96. The van der Waals surface area contributed by atoms with E-state index in [4.69, 9.17) is 0 Å². The van der Waals surface area contributed by atoms with Crippen molar-refractivity contribution in [2.75, 3.05) is 5.32 Å². The standard InChI is InChI=1S/C17H16F3N5/c1-2-25-13(8-9-22-25)11-21-16-23-14(12-6-4-3-5-7-12)10-15(24-16)17(18,19)20/h3-10H,2,11H2,1H3,(H,21,23,24). The lowest BCUT2D eigenvalue weighted by Gasteiger charge is -2.12. The minimum Gasteiger partial charge on any atom is -0.349 e. The molecule has 0 saturated carbocycles. The summed E-state index contributed by atoms with van der Waals surface area (Å²) >= 11 is 0. The maximum absolute atomic E-state index is 13.2. The number of benzene rings is 1. The Morgan fingerprint density at radius 1 is 1.08 bits per heavy atom. The van der Waals surface area contributed by atoms with Gasteiger partial charge in [-0.05, 0) is 19.1 Å². The molecule has 0 aliphatic carbocycles. The van der Waals surface area contributed by atoms with Crippen molar-refractivity contribution < 1.29 is 13.2 Å². The number of hydrogen-bond donors (Lipinski definition) is 1. The van der Waals surface area contributed by atoms with Crippen molar-refractivity contribution in [2.45, 2.75) is 26.2 Å². The highest BCUT2D eigenvalue weighted by Crippen LogP contribution is 2.31. The number of aryl methyl sites for hydroxylation is 1. The Balaban J connectivity index is 1.92. The van der Waals surface area contributed by atoms with Crippen LogP contribution in [0.1, 0.15) is 18.3 Å². The van der Waals surface area contributed by atoms with E-state index in [2.05, 4.69) is 20.4 Å². The molecule has 0 unspecified atom stereocenters. The van der Waals surface area contributed by atoms with Crippen molar-refractivity contribution in [1.29, 1.82) is 0 Å². The van der Waals surface area contributed by atoms with Crippen LogP contribution in [0.25, 0.3) is 11.3 Å². The first-order chi connectivity index (χ1) is 12.0. The van der Waals surface area contributed by atoms with Gasteiger partial charge in [-0.25, -0.2) is 9.97 Å². The van der Waals surface area contributed by atoms with E-state index < -0.39 is 11.9 Å². The number of nitrogens with zero attached hydrogens (tertiary/aromatic N) is 4. The highest BCUT2D eigenvalue weighted by molar-refractivity contribution is 5.60. The molecule has 2 aromatic heterocycles. The van der Waals surface area contributed by atoms with Gasteiger partial charge in [0.15, 0.2) is 5.69 Å². The topological polar surface area (TPSA) is 55.6 Å². The predicted molar refractivity (Wildman–Crippen MR) is 87.7 cm³/mol. The molecule has 3 aromatic rings. The Bertz CT molecular complexity index is 843. The molecule has 0 aliphatic rings. The van der Waals surface area contributed by atoms with E-state index in [0.29, 0.717) is 12.1 Å². The molecule has 0 bridgehead atoms. The first-order valence-electron chi connectivity index (χ1n) is 7.73. The fourth-order valence-corrected chi connectivity index (χ4v) is 2.39. The Hall–Kier alpha value is -2.90. The number of hydrogen-bond acceptors (Lipinski definition) is 4. The molecule has 0 aliphatic heterocycles. The molecule has 25 heavy (non-hydrogen) atoms. The van der Waals surface area contributed by atoms with Gasteiger partial charge < -0.3 is 5.32 Å². The summed E-state index contributed by atoms with van der Waals surface area (Å²) in [7, 11) is 0. The summed E-state index contributed by atoms with van der Waals surface area (Å²) in [6, 6.07) is 11.4. The summed E-state index contributed by atoms with van der Waals surface area (Å²) in [6.45, 7) is 2.89. The Morgan fingerprint density at radius 3 is 2.52 bits per heavy atom. The fourth-order valence-electron chi connectivity index (χ4n) is 2.39. The third-order valence-corrected chi connectivity index (χ3v) is 3.62. The van der Waals surface area contributed by atoms with E-state index in [1.807, 2.05) is 6.92 Å². The molecule has 0 fully saturated rings. The monoisotopic (exact) mass is 347 g/mol. The average molecular weight is 347 g/mol. The number of halogens is 3. The number of nitrogens with one attached hydrogen (secondary N) is 1. The molecule has 3 rings (SSSR count). The molecule has 1 N–H and O–H groups in total. The van der Waals surface area contributed by atoms with Gasteiger partial charge in [-0.1, -0.05) is 30.3 Å². The fraction of sp³-hybridized carbons (Fsp3) is 0.235. The quantitative estimate of drug-likeness (QED) is 0.758. The first-order valence-corrected chi connectivity index (χ1v) is 7.73. The van der Waals surface area contributed by atoms with Crippen molar-refractivity contribution in [3.63, 3.8) is 0 Å². The largest absolute Gasteiger partial charge is 0.433 e. The van der Waals surface area contributed by atoms with Crippen LogP contribution in [0.15, 0.2) is 48.7 Å². The number of alkyl halides is 3. The van der Waals surface area contributed by atoms with Crippen molar-refractivity contribution >= 4 is 5.95 Å². The summed E-state index contributed by atoms with van der Waals surface area (Å²) in [4.78, 5) is 7.83. The Labute approximate surface area is 142 Å². The van der Waals surface area contributed by atoms with Crippen LogP contribution >= 0.6 is 0 Å². The highest BCUT2D eigenvalue weighted by atomic mass is 19.4. The van der Waals surface area contributed by atoms with Crippen molar-refractivity contribution in [3.8, 4) is 11.3 Å². The van der Waals surface area contributed by atoms with Gasteiger partial charge in [-0.15, -0.1) is 0 Å². The van der Waals surface area contributed by atoms with Crippen molar-refractivity contribution in [1.82, 2.24) is 19.7 Å². The molecular weight excluding hydrogens is 331 g/mol.